The molecule has 0 unspecified atom stereocenters. The van der Waals surface area contributed by atoms with Gasteiger partial charge in [0.1, 0.15) is 0 Å². The van der Waals surface area contributed by atoms with Gasteiger partial charge in [0, 0.05) is 5.57 Å². The van der Waals surface area contributed by atoms with E-state index < -0.39 is 11.9 Å². The van der Waals surface area contributed by atoms with Gasteiger partial charge in [-0.25, -0.2) is 4.79 Å². The predicted molar refractivity (Wildman–Crippen MR) is 67.9 cm³/mol. The molecule has 1 aliphatic rings. The topological polar surface area (TPSA) is 61.8 Å². The van der Waals surface area contributed by atoms with Gasteiger partial charge < -0.3 is 14.2 Å². The Morgan fingerprint density at radius 3 is 2.47 bits per heavy atom. The molecule has 0 radical (unpaired) electrons. The van der Waals surface area contributed by atoms with Gasteiger partial charge in [-0.3, -0.25) is 4.79 Å². The van der Waals surface area contributed by atoms with Crippen LogP contribution in [0.4, 0.5) is 0 Å². The molecule has 19 heavy (non-hydrogen) atoms. The number of esters is 2. The van der Waals surface area contributed by atoms with E-state index in [4.69, 9.17) is 9.47 Å². The zero-order valence-electron chi connectivity index (χ0n) is 10.8. The second kappa shape index (κ2) is 5.56. The summed E-state index contributed by atoms with van der Waals surface area (Å²) in [5, 5.41) is 0. The number of carbonyl (C=O) groups excluding carboxylic acids is 2. The Bertz CT molecular complexity index is 545. The minimum absolute atomic E-state index is 0.227. The average molecular weight is 262 g/mol. The molecule has 0 aromatic heterocycles. The summed E-state index contributed by atoms with van der Waals surface area (Å²) in [6.45, 7) is 0. The molecule has 5 heteroatoms. The van der Waals surface area contributed by atoms with E-state index in [1.54, 1.807) is 38.5 Å². The van der Waals surface area contributed by atoms with E-state index in [1.165, 1.54) is 0 Å². The minimum Gasteiger partial charge on any atom is -0.493 e. The van der Waals surface area contributed by atoms with E-state index in [1.807, 2.05) is 0 Å². The largest absolute Gasteiger partial charge is 0.493 e. The van der Waals surface area contributed by atoms with E-state index in [-0.39, 0.29) is 6.42 Å². The van der Waals surface area contributed by atoms with Crippen LogP contribution in [0.25, 0.3) is 6.08 Å². The van der Waals surface area contributed by atoms with Crippen molar-refractivity contribution in [1.29, 1.82) is 0 Å². The molecular weight excluding hydrogens is 248 g/mol. The maximum absolute atomic E-state index is 11.5. The summed E-state index contributed by atoms with van der Waals surface area (Å²) in [6, 6.07) is 5.32. The van der Waals surface area contributed by atoms with Crippen molar-refractivity contribution in [2.45, 2.75) is 12.8 Å². The molecule has 0 saturated carbocycles. The fourth-order valence-corrected chi connectivity index (χ4v) is 1.83. The second-order valence-corrected chi connectivity index (χ2v) is 4.05. The van der Waals surface area contributed by atoms with Crippen LogP contribution in [0, 0.1) is 0 Å². The van der Waals surface area contributed by atoms with Gasteiger partial charge in [0.15, 0.2) is 11.5 Å². The van der Waals surface area contributed by atoms with E-state index in [9.17, 15) is 9.59 Å². The first kappa shape index (κ1) is 13.1. The van der Waals surface area contributed by atoms with E-state index >= 15 is 0 Å². The Morgan fingerprint density at radius 2 is 1.84 bits per heavy atom. The molecule has 100 valence electrons. The lowest BCUT2D eigenvalue weighted by Gasteiger charge is -2.12. The van der Waals surface area contributed by atoms with Gasteiger partial charge in [0.2, 0.25) is 0 Å². The van der Waals surface area contributed by atoms with Gasteiger partial charge in [-0.05, 0) is 30.2 Å². The van der Waals surface area contributed by atoms with Gasteiger partial charge in [-0.1, -0.05) is 6.07 Å². The van der Waals surface area contributed by atoms with Crippen LogP contribution in [0.15, 0.2) is 23.8 Å². The Morgan fingerprint density at radius 1 is 1.11 bits per heavy atom. The number of benzene rings is 1. The summed E-state index contributed by atoms with van der Waals surface area (Å²) in [4.78, 5) is 22.5. The van der Waals surface area contributed by atoms with Crippen LogP contribution in [0.3, 0.4) is 0 Å². The van der Waals surface area contributed by atoms with Gasteiger partial charge in [0.25, 0.3) is 0 Å². The van der Waals surface area contributed by atoms with Crippen LogP contribution in [0.2, 0.25) is 0 Å². The van der Waals surface area contributed by atoms with Gasteiger partial charge in [-0.2, -0.15) is 0 Å². The van der Waals surface area contributed by atoms with Crippen molar-refractivity contribution in [3.05, 3.63) is 29.3 Å². The summed E-state index contributed by atoms with van der Waals surface area (Å²) < 4.78 is 14.9. The van der Waals surface area contributed by atoms with Gasteiger partial charge in [0.05, 0.1) is 20.6 Å². The zero-order valence-corrected chi connectivity index (χ0v) is 10.8. The summed E-state index contributed by atoms with van der Waals surface area (Å²) in [5.41, 5.74) is 1.27. The van der Waals surface area contributed by atoms with Crippen molar-refractivity contribution in [2.24, 2.45) is 0 Å². The van der Waals surface area contributed by atoms with Gasteiger partial charge >= 0.3 is 11.9 Å². The summed E-state index contributed by atoms with van der Waals surface area (Å²) in [5.74, 6) is 0.142. The van der Waals surface area contributed by atoms with E-state index in [0.29, 0.717) is 23.5 Å². The molecule has 0 atom stereocenters. The summed E-state index contributed by atoms with van der Waals surface area (Å²) in [6.07, 6.45) is 2.31. The minimum atomic E-state index is -0.578. The molecule has 0 aliphatic carbocycles. The number of hydrogen-bond acceptors (Lipinski definition) is 5. The van der Waals surface area contributed by atoms with Crippen molar-refractivity contribution in [3.8, 4) is 11.5 Å². The maximum atomic E-state index is 11.5. The molecule has 0 bridgehead atoms. The van der Waals surface area contributed by atoms with Crippen LogP contribution in [0.5, 0.6) is 11.5 Å². The number of ether oxygens (including phenoxy) is 3. The number of cyclic esters (lactones) is 2. The van der Waals surface area contributed by atoms with Crippen molar-refractivity contribution >= 4 is 18.0 Å². The van der Waals surface area contributed by atoms with Crippen molar-refractivity contribution in [2.75, 3.05) is 14.2 Å². The fourth-order valence-electron chi connectivity index (χ4n) is 1.83. The van der Waals surface area contributed by atoms with Crippen molar-refractivity contribution in [1.82, 2.24) is 0 Å². The van der Waals surface area contributed by atoms with Crippen LogP contribution < -0.4 is 9.47 Å². The normalized spacial score (nSPS) is 17.3. The SMILES string of the molecule is COc1ccc(/C=C2\CCC(=O)OC2=O)cc1OC. The lowest BCUT2D eigenvalue weighted by molar-refractivity contribution is -0.159. The molecule has 1 aromatic rings. The van der Waals surface area contributed by atoms with Crippen molar-refractivity contribution < 1.29 is 23.8 Å². The van der Waals surface area contributed by atoms with Crippen LogP contribution >= 0.6 is 0 Å². The van der Waals surface area contributed by atoms with Crippen molar-refractivity contribution in [3.63, 3.8) is 0 Å². The first-order valence-corrected chi connectivity index (χ1v) is 5.81. The zero-order chi connectivity index (χ0) is 13.8. The van der Waals surface area contributed by atoms with E-state index in [2.05, 4.69) is 4.74 Å². The number of hydrogen-bond donors (Lipinski definition) is 0. The molecule has 1 saturated heterocycles. The van der Waals surface area contributed by atoms with Crippen LogP contribution in [-0.2, 0) is 14.3 Å². The maximum Gasteiger partial charge on any atom is 0.341 e. The van der Waals surface area contributed by atoms with E-state index in [0.717, 1.165) is 5.56 Å². The molecule has 1 aliphatic heterocycles. The summed E-state index contributed by atoms with van der Waals surface area (Å²) in [7, 11) is 3.10. The third kappa shape index (κ3) is 2.93. The number of rotatable bonds is 3. The van der Waals surface area contributed by atoms with Crippen LogP contribution in [0.1, 0.15) is 18.4 Å². The highest BCUT2D eigenvalue weighted by atomic mass is 16.6. The molecule has 5 nitrogen and oxygen atoms in total. The molecule has 1 aromatic carbocycles. The summed E-state index contributed by atoms with van der Waals surface area (Å²) >= 11 is 0. The third-order valence-corrected chi connectivity index (χ3v) is 2.82. The standard InChI is InChI=1S/C14H14O5/c1-17-11-5-3-9(8-12(11)18-2)7-10-4-6-13(15)19-14(10)16/h3,5,7-8H,4,6H2,1-2H3/b10-7+. The molecule has 2 rings (SSSR count). The molecule has 0 spiro atoms. The smallest absolute Gasteiger partial charge is 0.341 e. The Hall–Kier alpha value is -2.30. The molecular formula is C14H14O5. The molecule has 1 heterocycles. The fraction of sp³-hybridized carbons (Fsp3) is 0.286. The number of methoxy groups -OCH3 is 2. The average Bonchev–Trinajstić information content (AvgIpc) is 2.41. The first-order chi connectivity index (χ1) is 9.13. The van der Waals surface area contributed by atoms with Gasteiger partial charge in [-0.15, -0.1) is 0 Å². The quantitative estimate of drug-likeness (QED) is 0.473. The number of carbonyl (C=O) groups is 2. The highest BCUT2D eigenvalue weighted by Gasteiger charge is 2.22. The second-order valence-electron chi connectivity index (χ2n) is 4.05. The van der Waals surface area contributed by atoms with Crippen LogP contribution in [-0.4, -0.2) is 26.2 Å². The monoisotopic (exact) mass is 262 g/mol. The Kier molecular flexibility index (Phi) is 3.85. The highest BCUT2D eigenvalue weighted by Crippen LogP contribution is 2.29. The third-order valence-electron chi connectivity index (χ3n) is 2.82. The molecule has 0 N–H and O–H groups in total. The lowest BCUT2D eigenvalue weighted by atomic mass is 10.0. The Balaban J connectivity index is 2.27. The molecule has 0 amide bonds. The lowest BCUT2D eigenvalue weighted by Crippen LogP contribution is -2.20. The Labute approximate surface area is 110 Å². The molecule has 1 fully saturated rings. The predicted octanol–water partition coefficient (Wildman–Crippen LogP) is 1.95. The highest BCUT2D eigenvalue weighted by molar-refractivity contribution is 6.02. The first-order valence-electron chi connectivity index (χ1n) is 5.81.